The van der Waals surface area contributed by atoms with E-state index in [2.05, 4.69) is 32.0 Å². The van der Waals surface area contributed by atoms with Crippen LogP contribution in [-0.2, 0) is 24.2 Å². The molecule has 0 radical (unpaired) electrons. The molecule has 0 bridgehead atoms. The fraction of sp³-hybridized carbons (Fsp3) is 0.478. The first-order valence-electron chi connectivity index (χ1n) is 10.5. The second-order valence-corrected chi connectivity index (χ2v) is 8.67. The van der Waals surface area contributed by atoms with Gasteiger partial charge < -0.3 is 21.4 Å². The number of aromatic nitrogens is 2. The third kappa shape index (κ3) is 5.65. The van der Waals surface area contributed by atoms with Crippen molar-refractivity contribution in [1.82, 2.24) is 9.78 Å². The van der Waals surface area contributed by atoms with E-state index in [1.165, 1.54) is 0 Å². The molecule has 0 saturated heterocycles. The van der Waals surface area contributed by atoms with Gasteiger partial charge in [0.15, 0.2) is 5.69 Å². The lowest BCUT2D eigenvalue weighted by molar-refractivity contribution is 0.303. The van der Waals surface area contributed by atoms with E-state index in [-0.39, 0.29) is 17.1 Å². The molecule has 8 heteroatoms. The summed E-state index contributed by atoms with van der Waals surface area (Å²) in [5.41, 5.74) is 16.9. The quantitative estimate of drug-likeness (QED) is 0.165. The van der Waals surface area contributed by atoms with Crippen LogP contribution in [0.3, 0.4) is 0 Å². The maximum absolute atomic E-state index is 9.80. The Labute approximate surface area is 184 Å². The van der Waals surface area contributed by atoms with Crippen molar-refractivity contribution in [2.75, 3.05) is 6.54 Å². The van der Waals surface area contributed by atoms with Gasteiger partial charge in [0, 0.05) is 29.1 Å². The van der Waals surface area contributed by atoms with Gasteiger partial charge in [-0.2, -0.15) is 11.0 Å². The van der Waals surface area contributed by atoms with Crippen LogP contribution < -0.4 is 17.4 Å². The molecule has 170 valence electrons. The summed E-state index contributed by atoms with van der Waals surface area (Å²) in [6, 6.07) is 0. The predicted octanol–water partition coefficient (Wildman–Crippen LogP) is 3.15. The van der Waals surface area contributed by atoms with Crippen LogP contribution >= 0.6 is 0 Å². The van der Waals surface area contributed by atoms with Crippen LogP contribution in [-0.4, -0.2) is 27.3 Å². The van der Waals surface area contributed by atoms with Gasteiger partial charge in [-0.25, -0.2) is 4.99 Å². The van der Waals surface area contributed by atoms with E-state index in [1.807, 2.05) is 11.6 Å². The predicted molar refractivity (Wildman–Crippen MR) is 125 cm³/mol. The number of allylic oxidation sites excluding steroid dienone is 3. The summed E-state index contributed by atoms with van der Waals surface area (Å²) in [6.45, 7) is 16.9. The smallest absolute Gasteiger partial charge is 0.266 e. The number of aliphatic hydroxyl groups is 1. The van der Waals surface area contributed by atoms with E-state index in [4.69, 9.17) is 27.3 Å². The van der Waals surface area contributed by atoms with Crippen molar-refractivity contribution in [3.63, 3.8) is 0 Å². The number of aliphatic hydroxyl groups excluding tert-OH is 1. The summed E-state index contributed by atoms with van der Waals surface area (Å²) in [5.74, 6) is 5.76. The van der Waals surface area contributed by atoms with Crippen molar-refractivity contribution in [2.24, 2.45) is 27.8 Å². The Morgan fingerprint density at radius 1 is 1.39 bits per heavy atom. The van der Waals surface area contributed by atoms with Crippen LogP contribution in [0.1, 0.15) is 57.5 Å². The molecule has 0 saturated carbocycles. The number of hydrogen-bond donors (Lipinski definition) is 4. The van der Waals surface area contributed by atoms with Crippen LogP contribution in [0.2, 0.25) is 0 Å². The van der Waals surface area contributed by atoms with E-state index < -0.39 is 0 Å². The fourth-order valence-electron chi connectivity index (χ4n) is 3.79. The lowest BCUT2D eigenvalue weighted by Gasteiger charge is -2.30. The molecular formula is C23H36N6O2. The largest absolute Gasteiger partial charge is 0.508 e. The highest BCUT2D eigenvalue weighted by Crippen LogP contribution is 2.36. The van der Waals surface area contributed by atoms with Gasteiger partial charge in [0.1, 0.15) is 5.76 Å². The van der Waals surface area contributed by atoms with Gasteiger partial charge in [0.05, 0.1) is 12.2 Å². The first-order valence-corrected chi connectivity index (χ1v) is 10.5. The van der Waals surface area contributed by atoms with Gasteiger partial charge in [0.2, 0.25) is 0 Å². The topological polar surface area (TPSA) is 138 Å². The maximum atomic E-state index is 9.80. The molecule has 0 atom stereocenters. The zero-order valence-corrected chi connectivity index (χ0v) is 19.2. The number of fused-ring (bicyclic) bond motifs is 1. The van der Waals surface area contributed by atoms with Crippen LogP contribution in [0.4, 0.5) is 0 Å². The fourth-order valence-corrected chi connectivity index (χ4v) is 3.79. The zero-order chi connectivity index (χ0) is 23.3. The third-order valence-electron chi connectivity index (χ3n) is 5.56. The van der Waals surface area contributed by atoms with Gasteiger partial charge in [-0.1, -0.05) is 33.9 Å². The molecule has 2 rings (SSSR count). The van der Waals surface area contributed by atoms with Crippen LogP contribution in [0.5, 0.6) is 0 Å². The van der Waals surface area contributed by atoms with Crippen molar-refractivity contribution in [1.29, 1.82) is 0 Å². The van der Waals surface area contributed by atoms with E-state index in [0.29, 0.717) is 47.7 Å². The Balaban J connectivity index is 2.53. The Morgan fingerprint density at radius 2 is 2.06 bits per heavy atom. The average Bonchev–Trinajstić information content (AvgIpc) is 3.02. The Morgan fingerprint density at radius 3 is 2.58 bits per heavy atom. The summed E-state index contributed by atoms with van der Waals surface area (Å²) in [5, 5.41) is 14.5. The van der Waals surface area contributed by atoms with Gasteiger partial charge in [-0.05, 0) is 49.7 Å². The SMILES string of the molecule is C=C(O)/C(=C\C(C(=C)/N=C(\ON)c1nn(CCN)c2c1CCC(C)(C)C2)=C(\C)N)CC. The zero-order valence-electron chi connectivity index (χ0n) is 19.2. The van der Waals surface area contributed by atoms with E-state index >= 15 is 0 Å². The Bertz CT molecular complexity index is 946. The minimum atomic E-state index is -0.0226. The molecule has 1 aliphatic carbocycles. The molecule has 1 aromatic rings. The minimum Gasteiger partial charge on any atom is -0.508 e. The van der Waals surface area contributed by atoms with Gasteiger partial charge in [-0.3, -0.25) is 4.68 Å². The van der Waals surface area contributed by atoms with Gasteiger partial charge >= 0.3 is 0 Å². The minimum absolute atomic E-state index is 0.0226. The number of hydrogen-bond acceptors (Lipinski definition) is 7. The molecule has 0 aromatic carbocycles. The highest BCUT2D eigenvalue weighted by molar-refractivity contribution is 5.94. The second kappa shape index (κ2) is 9.98. The summed E-state index contributed by atoms with van der Waals surface area (Å²) >= 11 is 0. The summed E-state index contributed by atoms with van der Waals surface area (Å²) < 4.78 is 1.93. The molecular weight excluding hydrogens is 392 g/mol. The standard InChI is InChI=1S/C23H36N6O2/c1-7-17(16(4)30)12-19(14(2)25)15(3)27-22(31-26)21-18-8-9-23(5,6)13-20(18)29(28-21)11-10-24/h12,30H,3-4,7-11,13,24-26H2,1-2,5-6H3/b17-12-,19-14+,27-22-. The van der Waals surface area contributed by atoms with Crippen LogP contribution in [0.15, 0.2) is 52.5 Å². The molecule has 8 nitrogen and oxygen atoms in total. The highest BCUT2D eigenvalue weighted by atomic mass is 16.6. The van der Waals surface area contributed by atoms with Crippen molar-refractivity contribution < 1.29 is 9.94 Å². The van der Waals surface area contributed by atoms with Gasteiger partial charge in [0.25, 0.3) is 5.90 Å². The maximum Gasteiger partial charge on any atom is 0.266 e. The first-order chi connectivity index (χ1) is 14.5. The summed E-state index contributed by atoms with van der Waals surface area (Å²) in [4.78, 5) is 9.68. The summed E-state index contributed by atoms with van der Waals surface area (Å²) in [6.07, 6.45) is 5.06. The van der Waals surface area contributed by atoms with E-state index in [0.717, 1.165) is 30.5 Å². The molecule has 31 heavy (non-hydrogen) atoms. The van der Waals surface area contributed by atoms with Crippen molar-refractivity contribution in [3.8, 4) is 0 Å². The monoisotopic (exact) mass is 428 g/mol. The number of nitrogens with zero attached hydrogens (tertiary/aromatic N) is 3. The normalized spacial score (nSPS) is 17.1. The molecule has 0 amide bonds. The van der Waals surface area contributed by atoms with Crippen molar-refractivity contribution in [2.45, 2.75) is 59.9 Å². The van der Waals surface area contributed by atoms with Crippen LogP contribution in [0.25, 0.3) is 0 Å². The third-order valence-corrected chi connectivity index (χ3v) is 5.56. The molecule has 7 N–H and O–H groups in total. The lowest BCUT2D eigenvalue weighted by atomic mass is 9.76. The highest BCUT2D eigenvalue weighted by Gasteiger charge is 2.32. The Hall–Kier alpha value is -2.84. The molecule has 0 fully saturated rings. The molecule has 1 aromatic heterocycles. The van der Waals surface area contributed by atoms with Crippen molar-refractivity contribution in [3.05, 3.63) is 64.5 Å². The lowest BCUT2D eigenvalue weighted by Crippen LogP contribution is -2.25. The van der Waals surface area contributed by atoms with Crippen molar-refractivity contribution >= 4 is 5.90 Å². The van der Waals surface area contributed by atoms with E-state index in [1.54, 1.807) is 13.0 Å². The first kappa shape index (κ1) is 24.4. The van der Waals surface area contributed by atoms with E-state index in [9.17, 15) is 5.11 Å². The van der Waals surface area contributed by atoms with Gasteiger partial charge in [-0.15, -0.1) is 0 Å². The number of rotatable bonds is 8. The van der Waals surface area contributed by atoms with Crippen LogP contribution in [0, 0.1) is 5.41 Å². The number of aliphatic imine (C=N–C) groups is 1. The Kier molecular flexibility index (Phi) is 7.86. The molecule has 1 aliphatic rings. The average molecular weight is 429 g/mol. The number of nitrogens with two attached hydrogens (primary N) is 3. The summed E-state index contributed by atoms with van der Waals surface area (Å²) in [7, 11) is 0. The molecule has 0 aliphatic heterocycles. The molecule has 0 spiro atoms. The molecule has 1 heterocycles. The second-order valence-electron chi connectivity index (χ2n) is 8.67. The molecule has 0 unspecified atom stereocenters.